The molecule has 0 fully saturated rings. The molecule has 23 heavy (non-hydrogen) atoms. The van der Waals surface area contributed by atoms with Gasteiger partial charge in [-0.25, -0.2) is 13.8 Å². The average molecular weight is 324 g/mol. The molecule has 3 nitrogen and oxygen atoms in total. The van der Waals surface area contributed by atoms with E-state index in [0.717, 1.165) is 18.2 Å². The van der Waals surface area contributed by atoms with Gasteiger partial charge < -0.3 is 9.72 Å². The highest BCUT2D eigenvalue weighted by Gasteiger charge is 2.14. The lowest BCUT2D eigenvalue weighted by molar-refractivity contribution is -0.0504. The van der Waals surface area contributed by atoms with Crippen LogP contribution in [0.15, 0.2) is 30.3 Å². The van der Waals surface area contributed by atoms with Crippen molar-refractivity contribution in [3.8, 4) is 5.75 Å². The highest BCUT2D eigenvalue weighted by molar-refractivity contribution is 5.76. The number of halogens is 4. The maximum atomic E-state index is 14.0. The molecule has 0 aliphatic heterocycles. The summed E-state index contributed by atoms with van der Waals surface area (Å²) in [5, 5.41) is 0. The standard InChI is InChI=1S/C16H12F4N2O/c1-8-21-13-6-9(5-12(18)15(13)22-8)4-10-7-11(17)2-3-14(10)23-16(19)20/h2-3,5-7,16H,4H2,1H3,(H,21,22). The second kappa shape index (κ2) is 5.91. The second-order valence-corrected chi connectivity index (χ2v) is 5.10. The lowest BCUT2D eigenvalue weighted by atomic mass is 10.0. The van der Waals surface area contributed by atoms with E-state index in [1.54, 1.807) is 13.0 Å². The van der Waals surface area contributed by atoms with Crippen molar-refractivity contribution in [2.24, 2.45) is 0 Å². The Hall–Kier alpha value is -2.57. The maximum absolute atomic E-state index is 14.0. The van der Waals surface area contributed by atoms with E-state index in [4.69, 9.17) is 0 Å². The van der Waals surface area contributed by atoms with Crippen LogP contribution in [-0.2, 0) is 6.42 Å². The van der Waals surface area contributed by atoms with Gasteiger partial charge in [-0.05, 0) is 42.8 Å². The number of hydrogen-bond donors (Lipinski definition) is 1. The van der Waals surface area contributed by atoms with Crippen molar-refractivity contribution in [1.29, 1.82) is 0 Å². The third-order valence-corrected chi connectivity index (χ3v) is 3.35. The van der Waals surface area contributed by atoms with Crippen LogP contribution >= 0.6 is 0 Å². The van der Waals surface area contributed by atoms with Crippen LogP contribution in [-0.4, -0.2) is 16.6 Å². The molecule has 3 rings (SSSR count). The normalized spacial score (nSPS) is 11.4. The minimum atomic E-state index is -3.02. The molecule has 3 aromatic rings. The highest BCUT2D eigenvalue weighted by Crippen LogP contribution is 2.26. The zero-order valence-corrected chi connectivity index (χ0v) is 12.0. The molecule has 0 atom stereocenters. The number of nitrogens with zero attached hydrogens (tertiary/aromatic N) is 1. The Labute approximate surface area is 128 Å². The quantitative estimate of drug-likeness (QED) is 0.725. The third kappa shape index (κ3) is 3.28. The summed E-state index contributed by atoms with van der Waals surface area (Å²) in [7, 11) is 0. The van der Waals surface area contributed by atoms with Gasteiger partial charge in [-0.3, -0.25) is 0 Å². The summed E-state index contributed by atoms with van der Waals surface area (Å²) >= 11 is 0. The van der Waals surface area contributed by atoms with Gasteiger partial charge in [0, 0.05) is 12.0 Å². The van der Waals surface area contributed by atoms with Crippen molar-refractivity contribution < 1.29 is 22.3 Å². The first kappa shape index (κ1) is 15.3. The number of rotatable bonds is 4. The molecule has 7 heteroatoms. The zero-order valence-electron chi connectivity index (χ0n) is 12.0. The predicted octanol–water partition coefficient (Wildman–Crippen LogP) is 4.34. The first-order chi connectivity index (χ1) is 10.9. The van der Waals surface area contributed by atoms with Gasteiger partial charge >= 0.3 is 6.61 Å². The molecule has 0 aliphatic carbocycles. The molecule has 0 radical (unpaired) electrons. The van der Waals surface area contributed by atoms with Crippen LogP contribution in [0.1, 0.15) is 17.0 Å². The van der Waals surface area contributed by atoms with Crippen LogP contribution in [0, 0.1) is 18.6 Å². The Morgan fingerprint density at radius 2 is 1.96 bits per heavy atom. The summed E-state index contributed by atoms with van der Waals surface area (Å²) in [5.74, 6) is -0.693. The number of fused-ring (bicyclic) bond motifs is 1. The fourth-order valence-electron chi connectivity index (χ4n) is 2.47. The Balaban J connectivity index is 1.99. The van der Waals surface area contributed by atoms with Crippen LogP contribution in [0.3, 0.4) is 0 Å². The third-order valence-electron chi connectivity index (χ3n) is 3.35. The van der Waals surface area contributed by atoms with Gasteiger partial charge in [0.2, 0.25) is 0 Å². The van der Waals surface area contributed by atoms with Gasteiger partial charge in [0.15, 0.2) is 5.82 Å². The first-order valence-corrected chi connectivity index (χ1v) is 6.80. The lowest BCUT2D eigenvalue weighted by Crippen LogP contribution is -2.05. The topological polar surface area (TPSA) is 37.9 Å². The van der Waals surface area contributed by atoms with E-state index >= 15 is 0 Å². The Kier molecular flexibility index (Phi) is 3.94. The molecule has 0 spiro atoms. The summed E-state index contributed by atoms with van der Waals surface area (Å²) in [6.07, 6.45) is 0.0464. The van der Waals surface area contributed by atoms with E-state index in [1.165, 1.54) is 6.07 Å². The molecular formula is C16H12F4N2O. The highest BCUT2D eigenvalue weighted by atomic mass is 19.3. The van der Waals surface area contributed by atoms with E-state index < -0.39 is 18.2 Å². The SMILES string of the molecule is Cc1nc2c(F)cc(Cc3cc(F)ccc3OC(F)F)cc2[nH]1. The molecule has 1 heterocycles. The number of ether oxygens (including phenoxy) is 1. The second-order valence-electron chi connectivity index (χ2n) is 5.10. The van der Waals surface area contributed by atoms with E-state index in [-0.39, 0.29) is 23.3 Å². The number of aromatic amines is 1. The van der Waals surface area contributed by atoms with Crippen molar-refractivity contribution in [3.63, 3.8) is 0 Å². The van der Waals surface area contributed by atoms with E-state index in [1.807, 2.05) is 0 Å². The van der Waals surface area contributed by atoms with Crippen molar-refractivity contribution >= 4 is 11.0 Å². The fourth-order valence-corrected chi connectivity index (χ4v) is 2.47. The molecule has 1 N–H and O–H groups in total. The molecule has 0 aliphatic rings. The number of aromatic nitrogens is 2. The monoisotopic (exact) mass is 324 g/mol. The van der Waals surface area contributed by atoms with Gasteiger partial charge in [0.25, 0.3) is 0 Å². The fraction of sp³-hybridized carbons (Fsp3) is 0.188. The van der Waals surface area contributed by atoms with Crippen LogP contribution in [0.25, 0.3) is 11.0 Å². The molecule has 120 valence electrons. The summed E-state index contributed by atoms with van der Waals surface area (Å²) < 4.78 is 56.7. The van der Waals surface area contributed by atoms with E-state index in [0.29, 0.717) is 16.9 Å². The molecule has 0 amide bonds. The van der Waals surface area contributed by atoms with Gasteiger partial charge in [0.1, 0.15) is 22.9 Å². The number of nitrogens with one attached hydrogen (secondary N) is 1. The van der Waals surface area contributed by atoms with E-state index in [2.05, 4.69) is 14.7 Å². The Bertz CT molecular complexity index is 861. The summed E-state index contributed by atoms with van der Waals surface area (Å²) in [6.45, 7) is -1.33. The van der Waals surface area contributed by atoms with Crippen LogP contribution in [0.2, 0.25) is 0 Å². The molecule has 0 unspecified atom stereocenters. The number of hydrogen-bond acceptors (Lipinski definition) is 2. The average Bonchev–Trinajstić information content (AvgIpc) is 2.82. The van der Waals surface area contributed by atoms with Gasteiger partial charge in [-0.1, -0.05) is 0 Å². The van der Waals surface area contributed by atoms with Crippen molar-refractivity contribution in [2.75, 3.05) is 0 Å². The van der Waals surface area contributed by atoms with Crippen molar-refractivity contribution in [1.82, 2.24) is 9.97 Å². The zero-order chi connectivity index (χ0) is 16.6. The molecule has 0 saturated carbocycles. The number of imidazole rings is 1. The number of H-pyrrole nitrogens is 1. The summed E-state index contributed by atoms with van der Waals surface area (Å²) in [6, 6.07) is 6.16. The number of aryl methyl sites for hydroxylation is 1. The molecule has 1 aromatic heterocycles. The smallest absolute Gasteiger partial charge is 0.387 e. The minimum absolute atomic E-state index is 0.0464. The number of benzene rings is 2. The van der Waals surface area contributed by atoms with Crippen molar-refractivity contribution in [2.45, 2.75) is 20.0 Å². The Morgan fingerprint density at radius 3 is 2.70 bits per heavy atom. The molecule has 0 saturated heterocycles. The molecule has 0 bridgehead atoms. The maximum Gasteiger partial charge on any atom is 0.387 e. The summed E-state index contributed by atoms with van der Waals surface area (Å²) in [5.41, 5.74) is 1.39. The summed E-state index contributed by atoms with van der Waals surface area (Å²) in [4.78, 5) is 6.92. The van der Waals surface area contributed by atoms with Crippen LogP contribution in [0.5, 0.6) is 5.75 Å². The van der Waals surface area contributed by atoms with Gasteiger partial charge in [-0.15, -0.1) is 0 Å². The largest absolute Gasteiger partial charge is 0.435 e. The lowest BCUT2D eigenvalue weighted by Gasteiger charge is -2.11. The van der Waals surface area contributed by atoms with E-state index in [9.17, 15) is 17.6 Å². The minimum Gasteiger partial charge on any atom is -0.435 e. The number of alkyl halides is 2. The van der Waals surface area contributed by atoms with Gasteiger partial charge in [-0.2, -0.15) is 8.78 Å². The molecule has 2 aromatic carbocycles. The molecular weight excluding hydrogens is 312 g/mol. The van der Waals surface area contributed by atoms with Gasteiger partial charge in [0.05, 0.1) is 5.52 Å². The van der Waals surface area contributed by atoms with Crippen molar-refractivity contribution in [3.05, 3.63) is 58.9 Å². The first-order valence-electron chi connectivity index (χ1n) is 6.80. The predicted molar refractivity (Wildman–Crippen MR) is 76.6 cm³/mol. The Morgan fingerprint density at radius 1 is 1.17 bits per heavy atom. The van der Waals surface area contributed by atoms with Crippen LogP contribution < -0.4 is 4.74 Å². The van der Waals surface area contributed by atoms with Crippen LogP contribution in [0.4, 0.5) is 17.6 Å².